The summed E-state index contributed by atoms with van der Waals surface area (Å²) < 4.78 is 0.337. The van der Waals surface area contributed by atoms with Gasteiger partial charge in [-0.1, -0.05) is 23.2 Å². The Morgan fingerprint density at radius 3 is 2.57 bits per heavy atom. The van der Waals surface area contributed by atoms with E-state index in [1.54, 1.807) is 6.07 Å². The maximum Gasteiger partial charge on any atom is 0.337 e. The second kappa shape index (κ2) is 6.43. The smallest absolute Gasteiger partial charge is 0.337 e. The van der Waals surface area contributed by atoms with E-state index in [2.05, 4.69) is 26.2 Å². The number of halogens is 3. The van der Waals surface area contributed by atoms with Crippen LogP contribution in [-0.2, 0) is 0 Å². The number of carbonyl (C=O) groups excluding carboxylic acids is 1. The zero-order valence-corrected chi connectivity index (χ0v) is 13.3. The highest BCUT2D eigenvalue weighted by molar-refractivity contribution is 9.10. The van der Waals surface area contributed by atoms with Crippen molar-refractivity contribution < 1.29 is 14.7 Å². The molecule has 2 aromatic rings. The number of carboxylic acid groups (broad SMARTS) is 1. The minimum atomic E-state index is -1.25. The fourth-order valence-electron chi connectivity index (χ4n) is 1.61. The summed E-state index contributed by atoms with van der Waals surface area (Å²) in [6, 6.07) is 5.69. The van der Waals surface area contributed by atoms with Gasteiger partial charge in [0, 0.05) is 11.2 Å². The standard InChI is InChI=1S/C13H7BrCl2N2O3/c14-11-7(2-1-3-17-11)12(19)18-10-8(13(20)21)4-6(15)5-9(10)16/h1-5H,(H,18,19)(H,20,21). The summed E-state index contributed by atoms with van der Waals surface area (Å²) in [4.78, 5) is 27.3. The molecule has 108 valence electrons. The van der Waals surface area contributed by atoms with Crippen molar-refractivity contribution in [2.24, 2.45) is 0 Å². The molecule has 1 aromatic carbocycles. The fourth-order valence-corrected chi connectivity index (χ4v) is 2.58. The number of carbonyl (C=O) groups is 2. The molecule has 0 aliphatic carbocycles. The van der Waals surface area contributed by atoms with Crippen LogP contribution in [0.5, 0.6) is 0 Å². The van der Waals surface area contributed by atoms with Crippen molar-refractivity contribution in [2.45, 2.75) is 0 Å². The average Bonchev–Trinajstić information content (AvgIpc) is 2.41. The lowest BCUT2D eigenvalue weighted by molar-refractivity contribution is 0.0698. The molecule has 0 aliphatic heterocycles. The van der Waals surface area contributed by atoms with E-state index in [0.29, 0.717) is 4.60 Å². The van der Waals surface area contributed by atoms with E-state index in [1.165, 1.54) is 24.4 Å². The van der Waals surface area contributed by atoms with Gasteiger partial charge >= 0.3 is 5.97 Å². The molecule has 1 heterocycles. The third-order valence-corrected chi connectivity index (χ3v) is 3.68. The summed E-state index contributed by atoms with van der Waals surface area (Å²) in [5.74, 6) is -1.79. The highest BCUT2D eigenvalue weighted by Gasteiger charge is 2.19. The summed E-state index contributed by atoms with van der Waals surface area (Å²) in [6.07, 6.45) is 1.51. The van der Waals surface area contributed by atoms with Crippen molar-refractivity contribution in [3.05, 3.63) is 56.2 Å². The van der Waals surface area contributed by atoms with Crippen LogP contribution >= 0.6 is 39.1 Å². The van der Waals surface area contributed by atoms with Gasteiger partial charge in [0.15, 0.2) is 0 Å². The van der Waals surface area contributed by atoms with Crippen molar-refractivity contribution in [3.8, 4) is 0 Å². The molecule has 0 fully saturated rings. The van der Waals surface area contributed by atoms with E-state index in [4.69, 9.17) is 28.3 Å². The van der Waals surface area contributed by atoms with E-state index in [-0.39, 0.29) is 26.9 Å². The third kappa shape index (κ3) is 3.53. The summed E-state index contributed by atoms with van der Waals surface area (Å²) in [5.41, 5.74) is 0.0371. The quantitative estimate of drug-likeness (QED) is 0.774. The summed E-state index contributed by atoms with van der Waals surface area (Å²) >= 11 is 14.9. The highest BCUT2D eigenvalue weighted by atomic mass is 79.9. The van der Waals surface area contributed by atoms with Crippen molar-refractivity contribution in [3.63, 3.8) is 0 Å². The number of carboxylic acids is 1. The molecule has 0 saturated heterocycles. The van der Waals surface area contributed by atoms with E-state index in [1.807, 2.05) is 0 Å². The Labute approximate surface area is 138 Å². The van der Waals surface area contributed by atoms with Gasteiger partial charge in [0.25, 0.3) is 5.91 Å². The molecular formula is C13H7BrCl2N2O3. The molecule has 5 nitrogen and oxygen atoms in total. The van der Waals surface area contributed by atoms with Crippen LogP contribution in [0.15, 0.2) is 35.1 Å². The molecule has 2 rings (SSSR count). The molecular weight excluding hydrogens is 383 g/mol. The molecule has 1 aromatic heterocycles. The summed E-state index contributed by atoms with van der Waals surface area (Å²) in [7, 11) is 0. The van der Waals surface area contributed by atoms with Crippen LogP contribution in [0.4, 0.5) is 5.69 Å². The van der Waals surface area contributed by atoms with Crippen LogP contribution in [-0.4, -0.2) is 22.0 Å². The zero-order chi connectivity index (χ0) is 15.6. The van der Waals surface area contributed by atoms with Crippen LogP contribution in [0.2, 0.25) is 10.0 Å². The molecule has 0 bridgehead atoms. The van der Waals surface area contributed by atoms with E-state index >= 15 is 0 Å². The predicted molar refractivity (Wildman–Crippen MR) is 83.3 cm³/mol. The van der Waals surface area contributed by atoms with E-state index < -0.39 is 11.9 Å². The van der Waals surface area contributed by atoms with Crippen LogP contribution in [0, 0.1) is 0 Å². The van der Waals surface area contributed by atoms with Crippen molar-refractivity contribution >= 4 is 56.7 Å². The number of anilines is 1. The van der Waals surface area contributed by atoms with E-state index in [0.717, 1.165) is 0 Å². The number of aromatic nitrogens is 1. The second-order valence-electron chi connectivity index (χ2n) is 3.91. The molecule has 0 saturated carbocycles. The highest BCUT2D eigenvalue weighted by Crippen LogP contribution is 2.31. The normalized spacial score (nSPS) is 10.2. The van der Waals surface area contributed by atoms with Gasteiger partial charge in [0.05, 0.1) is 21.8 Å². The van der Waals surface area contributed by atoms with Crippen LogP contribution in [0.3, 0.4) is 0 Å². The molecule has 0 aliphatic rings. The fraction of sp³-hybridized carbons (Fsp3) is 0. The number of benzene rings is 1. The van der Waals surface area contributed by atoms with Crippen molar-refractivity contribution in [2.75, 3.05) is 5.32 Å². The molecule has 1 amide bonds. The van der Waals surface area contributed by atoms with Gasteiger partial charge < -0.3 is 10.4 Å². The molecule has 8 heteroatoms. The number of aromatic carboxylic acids is 1. The number of hydrogen-bond donors (Lipinski definition) is 2. The van der Waals surface area contributed by atoms with Crippen LogP contribution in [0.1, 0.15) is 20.7 Å². The maximum atomic E-state index is 12.2. The molecule has 2 N–H and O–H groups in total. The SMILES string of the molecule is O=C(Nc1c(Cl)cc(Cl)cc1C(=O)O)c1cccnc1Br. The first-order valence-corrected chi connectivity index (χ1v) is 7.09. The van der Waals surface area contributed by atoms with Gasteiger partial charge in [0.1, 0.15) is 4.60 Å². The Kier molecular flexibility index (Phi) is 4.82. The lowest BCUT2D eigenvalue weighted by Gasteiger charge is -2.11. The predicted octanol–water partition coefficient (Wildman–Crippen LogP) is 4.10. The first-order chi connectivity index (χ1) is 9.90. The van der Waals surface area contributed by atoms with Crippen molar-refractivity contribution in [1.82, 2.24) is 4.98 Å². The Morgan fingerprint density at radius 2 is 1.95 bits per heavy atom. The summed E-state index contributed by atoms with van der Waals surface area (Å²) in [6.45, 7) is 0. The first-order valence-electron chi connectivity index (χ1n) is 5.54. The van der Waals surface area contributed by atoms with Gasteiger partial charge in [-0.25, -0.2) is 9.78 Å². The molecule has 0 atom stereocenters. The van der Waals surface area contributed by atoms with E-state index in [9.17, 15) is 9.59 Å². The monoisotopic (exact) mass is 388 g/mol. The number of nitrogens with one attached hydrogen (secondary N) is 1. The largest absolute Gasteiger partial charge is 0.478 e. The van der Waals surface area contributed by atoms with Crippen LogP contribution < -0.4 is 5.32 Å². The zero-order valence-electron chi connectivity index (χ0n) is 10.2. The third-order valence-electron chi connectivity index (χ3n) is 2.53. The number of hydrogen-bond acceptors (Lipinski definition) is 3. The van der Waals surface area contributed by atoms with Crippen molar-refractivity contribution in [1.29, 1.82) is 0 Å². The molecule has 0 spiro atoms. The number of pyridine rings is 1. The van der Waals surface area contributed by atoms with Gasteiger partial charge in [-0.2, -0.15) is 0 Å². The molecule has 0 unspecified atom stereocenters. The number of nitrogens with zero attached hydrogens (tertiary/aromatic N) is 1. The Bertz CT molecular complexity index is 737. The minimum Gasteiger partial charge on any atom is -0.478 e. The Morgan fingerprint density at radius 1 is 1.24 bits per heavy atom. The van der Waals surface area contributed by atoms with Gasteiger partial charge in [-0.3, -0.25) is 4.79 Å². The Balaban J connectivity index is 2.42. The van der Waals surface area contributed by atoms with Gasteiger partial charge in [0.2, 0.25) is 0 Å². The van der Waals surface area contributed by atoms with Gasteiger partial charge in [-0.05, 0) is 40.2 Å². The maximum absolute atomic E-state index is 12.2. The number of rotatable bonds is 3. The average molecular weight is 390 g/mol. The Hall–Kier alpha value is -1.63. The lowest BCUT2D eigenvalue weighted by Crippen LogP contribution is -2.16. The second-order valence-corrected chi connectivity index (χ2v) is 5.51. The van der Waals surface area contributed by atoms with Gasteiger partial charge in [-0.15, -0.1) is 0 Å². The first kappa shape index (κ1) is 15.8. The topological polar surface area (TPSA) is 79.3 Å². The van der Waals surface area contributed by atoms with Crippen LogP contribution in [0.25, 0.3) is 0 Å². The minimum absolute atomic E-state index is 0.0191. The molecule has 0 radical (unpaired) electrons. The lowest BCUT2D eigenvalue weighted by atomic mass is 10.1. The number of amides is 1. The molecule has 21 heavy (non-hydrogen) atoms. The summed E-state index contributed by atoms with van der Waals surface area (Å²) in [5, 5.41) is 11.8.